The number of ether oxygens (including phenoxy) is 1. The van der Waals surface area contributed by atoms with Crippen LogP contribution in [0.25, 0.3) is 0 Å². The molecular weight excluding hydrogens is 532 g/mol. The van der Waals surface area contributed by atoms with Crippen molar-refractivity contribution in [2.75, 3.05) is 59.9 Å². The predicted octanol–water partition coefficient (Wildman–Crippen LogP) is 4.36. The number of amides is 1. The SMILES string of the molecule is O=C(NNc1ncc(F)c(N2CCOCC2)n1)c1ccc(Nc2cc(N3CCCCC3)cc(C(F)(F)F)c2)cn1. The number of nitrogens with zero attached hydrogens (tertiary/aromatic N) is 5. The number of carbonyl (C=O) groups is 1. The van der Waals surface area contributed by atoms with E-state index >= 15 is 0 Å². The molecule has 1 amide bonds. The number of rotatable bonds is 7. The fourth-order valence-corrected chi connectivity index (χ4v) is 4.54. The van der Waals surface area contributed by atoms with Crippen LogP contribution in [-0.4, -0.2) is 60.3 Å². The van der Waals surface area contributed by atoms with Gasteiger partial charge in [0.2, 0.25) is 5.95 Å². The van der Waals surface area contributed by atoms with Gasteiger partial charge in [-0.05, 0) is 49.6 Å². The van der Waals surface area contributed by atoms with Crippen molar-refractivity contribution in [1.29, 1.82) is 0 Å². The van der Waals surface area contributed by atoms with E-state index in [1.807, 2.05) is 4.90 Å². The molecule has 2 aromatic heterocycles. The monoisotopic (exact) mass is 560 g/mol. The fourth-order valence-electron chi connectivity index (χ4n) is 4.54. The van der Waals surface area contributed by atoms with E-state index in [-0.39, 0.29) is 23.1 Å². The summed E-state index contributed by atoms with van der Waals surface area (Å²) in [5.41, 5.74) is 5.43. The van der Waals surface area contributed by atoms with Crippen molar-refractivity contribution < 1.29 is 27.1 Å². The van der Waals surface area contributed by atoms with Gasteiger partial charge in [-0.3, -0.25) is 15.6 Å². The molecule has 1 aromatic carbocycles. The maximum Gasteiger partial charge on any atom is 0.416 e. The number of anilines is 5. The molecule has 212 valence electrons. The van der Waals surface area contributed by atoms with Gasteiger partial charge < -0.3 is 19.9 Å². The Morgan fingerprint density at radius 1 is 0.900 bits per heavy atom. The molecule has 4 heterocycles. The number of piperidine rings is 1. The van der Waals surface area contributed by atoms with Crippen LogP contribution in [0.15, 0.2) is 42.7 Å². The molecule has 2 saturated heterocycles. The zero-order valence-electron chi connectivity index (χ0n) is 21.5. The number of benzene rings is 1. The lowest BCUT2D eigenvalue weighted by Gasteiger charge is -2.30. The molecule has 10 nitrogen and oxygen atoms in total. The van der Waals surface area contributed by atoms with Gasteiger partial charge >= 0.3 is 6.18 Å². The first-order valence-electron chi connectivity index (χ1n) is 12.9. The zero-order chi connectivity index (χ0) is 28.1. The number of hydrazine groups is 1. The number of nitrogens with one attached hydrogen (secondary N) is 3. The standard InChI is InChI=1S/C26H28F4N8O2/c27-21-16-32-25(34-23(21)38-8-10-40-11-9-38)36-35-24(39)22-5-4-18(15-31-22)33-19-12-17(26(28,29)30)13-20(14-19)37-6-2-1-3-7-37/h4-5,12-16,33H,1-3,6-11H2,(H,35,39)(H,32,34,36). The van der Waals surface area contributed by atoms with Crippen molar-refractivity contribution >= 4 is 34.7 Å². The second-order valence-corrected chi connectivity index (χ2v) is 9.41. The molecule has 0 radical (unpaired) electrons. The number of aromatic nitrogens is 3. The lowest BCUT2D eigenvalue weighted by molar-refractivity contribution is -0.137. The third-order valence-corrected chi connectivity index (χ3v) is 6.58. The predicted molar refractivity (Wildman–Crippen MR) is 141 cm³/mol. The zero-order valence-corrected chi connectivity index (χ0v) is 21.5. The number of morpholine rings is 1. The molecule has 0 aliphatic carbocycles. The molecule has 3 aromatic rings. The molecule has 40 heavy (non-hydrogen) atoms. The van der Waals surface area contributed by atoms with Gasteiger partial charge in [-0.1, -0.05) is 0 Å². The molecule has 5 rings (SSSR count). The Labute approximate surface area is 227 Å². The van der Waals surface area contributed by atoms with Gasteiger partial charge in [0.05, 0.1) is 36.9 Å². The maximum absolute atomic E-state index is 14.2. The van der Waals surface area contributed by atoms with Crippen LogP contribution in [0.1, 0.15) is 35.3 Å². The van der Waals surface area contributed by atoms with Crippen LogP contribution in [0.2, 0.25) is 0 Å². The van der Waals surface area contributed by atoms with Gasteiger partial charge in [0, 0.05) is 37.6 Å². The Morgan fingerprint density at radius 3 is 2.38 bits per heavy atom. The minimum absolute atomic E-state index is 0.0106. The van der Waals surface area contributed by atoms with Crippen molar-refractivity contribution in [3.63, 3.8) is 0 Å². The molecule has 3 N–H and O–H groups in total. The molecule has 0 atom stereocenters. The molecule has 0 spiro atoms. The van der Waals surface area contributed by atoms with Crippen molar-refractivity contribution in [1.82, 2.24) is 20.4 Å². The largest absolute Gasteiger partial charge is 0.416 e. The van der Waals surface area contributed by atoms with Crippen LogP contribution in [0.5, 0.6) is 0 Å². The highest BCUT2D eigenvalue weighted by atomic mass is 19.4. The Hall–Kier alpha value is -4.20. The number of alkyl halides is 3. The smallest absolute Gasteiger partial charge is 0.378 e. The molecule has 2 aliphatic heterocycles. The van der Waals surface area contributed by atoms with Crippen molar-refractivity contribution in [3.8, 4) is 0 Å². The minimum Gasteiger partial charge on any atom is -0.378 e. The van der Waals surface area contributed by atoms with E-state index < -0.39 is 23.5 Å². The Balaban J connectivity index is 1.24. The fraction of sp³-hybridized carbons (Fsp3) is 0.385. The first kappa shape index (κ1) is 27.4. The summed E-state index contributed by atoms with van der Waals surface area (Å²) in [6, 6.07) is 6.85. The quantitative estimate of drug-likeness (QED) is 0.287. The number of pyridine rings is 1. The van der Waals surface area contributed by atoms with Crippen LogP contribution in [0.4, 0.5) is 46.4 Å². The summed E-state index contributed by atoms with van der Waals surface area (Å²) >= 11 is 0. The summed E-state index contributed by atoms with van der Waals surface area (Å²) < 4.78 is 60.2. The summed E-state index contributed by atoms with van der Waals surface area (Å²) in [6.45, 7) is 3.27. The van der Waals surface area contributed by atoms with E-state index in [0.29, 0.717) is 50.8 Å². The van der Waals surface area contributed by atoms with Crippen LogP contribution >= 0.6 is 0 Å². The van der Waals surface area contributed by atoms with Gasteiger partial charge in [0.1, 0.15) is 5.69 Å². The van der Waals surface area contributed by atoms with E-state index in [2.05, 4.69) is 31.1 Å². The van der Waals surface area contributed by atoms with Crippen LogP contribution in [0, 0.1) is 5.82 Å². The minimum atomic E-state index is -4.49. The highest BCUT2D eigenvalue weighted by molar-refractivity contribution is 5.93. The number of hydrogen-bond acceptors (Lipinski definition) is 9. The molecular formula is C26H28F4N8O2. The van der Waals surface area contributed by atoms with E-state index in [1.54, 1.807) is 11.0 Å². The van der Waals surface area contributed by atoms with Crippen LogP contribution in [-0.2, 0) is 10.9 Å². The van der Waals surface area contributed by atoms with E-state index in [0.717, 1.165) is 31.5 Å². The van der Waals surface area contributed by atoms with Gasteiger partial charge in [-0.25, -0.2) is 14.4 Å². The second kappa shape index (κ2) is 11.9. The van der Waals surface area contributed by atoms with E-state index in [1.165, 1.54) is 24.4 Å². The van der Waals surface area contributed by atoms with E-state index in [4.69, 9.17) is 4.74 Å². The number of carbonyl (C=O) groups excluding carboxylic acids is 1. The molecule has 14 heteroatoms. The summed E-state index contributed by atoms with van der Waals surface area (Å²) in [5.74, 6) is -1.11. The first-order chi connectivity index (χ1) is 19.3. The number of hydrogen-bond donors (Lipinski definition) is 3. The van der Waals surface area contributed by atoms with Gasteiger partial charge in [-0.15, -0.1) is 0 Å². The number of halogens is 4. The molecule has 0 bridgehead atoms. The molecule has 2 fully saturated rings. The summed E-state index contributed by atoms with van der Waals surface area (Å²) in [4.78, 5) is 28.3. The average molecular weight is 561 g/mol. The normalized spacial score (nSPS) is 16.0. The van der Waals surface area contributed by atoms with E-state index in [9.17, 15) is 22.4 Å². The van der Waals surface area contributed by atoms with Gasteiger partial charge in [0.15, 0.2) is 11.6 Å². The molecule has 0 saturated carbocycles. The van der Waals surface area contributed by atoms with Crippen LogP contribution < -0.4 is 26.0 Å². The molecule has 2 aliphatic rings. The maximum atomic E-state index is 14.2. The topological polar surface area (TPSA) is 108 Å². The van der Waals surface area contributed by atoms with Gasteiger partial charge in [0.25, 0.3) is 5.91 Å². The highest BCUT2D eigenvalue weighted by Crippen LogP contribution is 2.36. The Kier molecular flexibility index (Phi) is 8.14. The Bertz CT molecular complexity index is 1330. The van der Waals surface area contributed by atoms with Crippen LogP contribution in [0.3, 0.4) is 0 Å². The summed E-state index contributed by atoms with van der Waals surface area (Å²) in [5, 5.41) is 2.96. The third-order valence-electron chi connectivity index (χ3n) is 6.58. The van der Waals surface area contributed by atoms with Crippen molar-refractivity contribution in [2.24, 2.45) is 0 Å². The summed E-state index contributed by atoms with van der Waals surface area (Å²) in [6.07, 6.45) is 0.796. The summed E-state index contributed by atoms with van der Waals surface area (Å²) in [7, 11) is 0. The third kappa shape index (κ3) is 6.68. The van der Waals surface area contributed by atoms with Crippen molar-refractivity contribution in [3.05, 3.63) is 59.8 Å². The average Bonchev–Trinajstić information content (AvgIpc) is 2.97. The van der Waals surface area contributed by atoms with Crippen molar-refractivity contribution in [2.45, 2.75) is 25.4 Å². The highest BCUT2D eigenvalue weighted by Gasteiger charge is 2.32. The lowest BCUT2D eigenvalue weighted by atomic mass is 10.1. The van der Waals surface area contributed by atoms with Gasteiger partial charge in [-0.2, -0.15) is 18.2 Å². The molecule has 0 unspecified atom stereocenters. The second-order valence-electron chi connectivity index (χ2n) is 9.41. The lowest BCUT2D eigenvalue weighted by Crippen LogP contribution is -2.38. The first-order valence-corrected chi connectivity index (χ1v) is 12.9. The Morgan fingerprint density at radius 2 is 1.68 bits per heavy atom.